The first kappa shape index (κ1) is 19.0. The zero-order chi connectivity index (χ0) is 13.6. The molecule has 0 spiro atoms. The van der Waals surface area contributed by atoms with Crippen molar-refractivity contribution in [3.63, 3.8) is 0 Å². The van der Waals surface area contributed by atoms with Gasteiger partial charge in [-0.05, 0) is 11.1 Å². The van der Waals surface area contributed by atoms with Crippen molar-refractivity contribution in [2.24, 2.45) is 0 Å². The zero-order valence-electron chi connectivity index (χ0n) is 12.7. The van der Waals surface area contributed by atoms with Crippen LogP contribution in [0.3, 0.4) is 0 Å². The summed E-state index contributed by atoms with van der Waals surface area (Å²) >= 11 is 0. The van der Waals surface area contributed by atoms with Crippen molar-refractivity contribution in [2.45, 2.75) is 13.1 Å². The van der Waals surface area contributed by atoms with Crippen LogP contribution in [0.1, 0.15) is 11.1 Å². The fourth-order valence-electron chi connectivity index (χ4n) is 2.79. The van der Waals surface area contributed by atoms with Crippen LogP contribution in [0.4, 0.5) is 0 Å². The number of piperazine rings is 1. The maximum Gasteiger partial charge on any atom is 0.0234 e. The SMILES string of the molecule is Cl.Cl.c1ccc(CN2CCN(Cc3ccccc3)CC2)cc1. The van der Waals surface area contributed by atoms with Crippen LogP contribution in [0, 0.1) is 0 Å². The molecule has 4 heteroatoms. The van der Waals surface area contributed by atoms with Crippen molar-refractivity contribution in [3.05, 3.63) is 71.8 Å². The maximum atomic E-state index is 2.55. The van der Waals surface area contributed by atoms with E-state index in [4.69, 9.17) is 0 Å². The summed E-state index contributed by atoms with van der Waals surface area (Å²) in [6.45, 7) is 6.84. The van der Waals surface area contributed by atoms with Gasteiger partial charge >= 0.3 is 0 Å². The topological polar surface area (TPSA) is 6.48 Å². The van der Waals surface area contributed by atoms with Crippen LogP contribution in [-0.4, -0.2) is 36.0 Å². The third-order valence-electron chi connectivity index (χ3n) is 3.96. The minimum atomic E-state index is 0. The Kier molecular flexibility index (Phi) is 8.51. The highest BCUT2D eigenvalue weighted by Crippen LogP contribution is 2.11. The Balaban J connectivity index is 0.00000121. The Bertz CT molecular complexity index is 462. The van der Waals surface area contributed by atoms with Crippen LogP contribution in [0.25, 0.3) is 0 Å². The van der Waals surface area contributed by atoms with Crippen LogP contribution >= 0.6 is 24.8 Å². The fourth-order valence-corrected chi connectivity index (χ4v) is 2.79. The number of nitrogens with zero attached hydrogens (tertiary/aromatic N) is 2. The average Bonchev–Trinajstić information content (AvgIpc) is 2.51. The van der Waals surface area contributed by atoms with E-state index < -0.39 is 0 Å². The molecular weight excluding hydrogens is 315 g/mol. The van der Waals surface area contributed by atoms with Crippen LogP contribution in [0.5, 0.6) is 0 Å². The number of hydrogen-bond acceptors (Lipinski definition) is 2. The highest BCUT2D eigenvalue weighted by molar-refractivity contribution is 5.85. The van der Waals surface area contributed by atoms with Gasteiger partial charge in [0.1, 0.15) is 0 Å². The van der Waals surface area contributed by atoms with E-state index >= 15 is 0 Å². The molecule has 1 aliphatic rings. The first-order valence-corrected chi connectivity index (χ1v) is 7.43. The van der Waals surface area contributed by atoms with Gasteiger partial charge in [-0.2, -0.15) is 0 Å². The van der Waals surface area contributed by atoms with Gasteiger partial charge in [-0.1, -0.05) is 60.7 Å². The molecule has 1 heterocycles. The van der Waals surface area contributed by atoms with Gasteiger partial charge in [-0.15, -0.1) is 24.8 Å². The van der Waals surface area contributed by atoms with Gasteiger partial charge in [0.2, 0.25) is 0 Å². The fraction of sp³-hybridized carbons (Fsp3) is 0.333. The molecule has 1 fully saturated rings. The zero-order valence-corrected chi connectivity index (χ0v) is 14.4. The van der Waals surface area contributed by atoms with E-state index in [2.05, 4.69) is 70.5 Å². The van der Waals surface area contributed by atoms with Crippen LogP contribution < -0.4 is 0 Å². The first-order chi connectivity index (χ1) is 9.90. The number of rotatable bonds is 4. The summed E-state index contributed by atoms with van der Waals surface area (Å²) in [5.74, 6) is 0. The van der Waals surface area contributed by atoms with E-state index in [1.807, 2.05) is 0 Å². The maximum absolute atomic E-state index is 2.55. The molecule has 22 heavy (non-hydrogen) atoms. The van der Waals surface area contributed by atoms with Gasteiger partial charge in [0, 0.05) is 39.3 Å². The second-order valence-corrected chi connectivity index (χ2v) is 5.52. The van der Waals surface area contributed by atoms with E-state index in [1.54, 1.807) is 0 Å². The van der Waals surface area contributed by atoms with Crippen molar-refractivity contribution in [1.29, 1.82) is 0 Å². The molecule has 0 bridgehead atoms. The van der Waals surface area contributed by atoms with Gasteiger partial charge in [0.05, 0.1) is 0 Å². The quantitative estimate of drug-likeness (QED) is 0.835. The highest BCUT2D eigenvalue weighted by Gasteiger charge is 2.16. The van der Waals surface area contributed by atoms with Gasteiger partial charge in [0.25, 0.3) is 0 Å². The molecule has 1 aliphatic heterocycles. The molecule has 0 atom stereocenters. The van der Waals surface area contributed by atoms with E-state index in [1.165, 1.54) is 37.3 Å². The van der Waals surface area contributed by atoms with Gasteiger partial charge in [-0.25, -0.2) is 0 Å². The van der Waals surface area contributed by atoms with E-state index in [-0.39, 0.29) is 24.8 Å². The van der Waals surface area contributed by atoms with Crippen molar-refractivity contribution in [2.75, 3.05) is 26.2 Å². The van der Waals surface area contributed by atoms with Crippen molar-refractivity contribution < 1.29 is 0 Å². The smallest absolute Gasteiger partial charge is 0.0234 e. The lowest BCUT2D eigenvalue weighted by Gasteiger charge is -2.34. The third-order valence-corrected chi connectivity index (χ3v) is 3.96. The first-order valence-electron chi connectivity index (χ1n) is 7.43. The minimum absolute atomic E-state index is 0. The summed E-state index contributed by atoms with van der Waals surface area (Å²) in [5, 5.41) is 0. The Labute approximate surface area is 145 Å². The van der Waals surface area contributed by atoms with Crippen LogP contribution in [0.2, 0.25) is 0 Å². The number of benzene rings is 2. The van der Waals surface area contributed by atoms with Crippen LogP contribution in [-0.2, 0) is 13.1 Å². The summed E-state index contributed by atoms with van der Waals surface area (Å²) in [7, 11) is 0. The van der Waals surface area contributed by atoms with Gasteiger partial charge < -0.3 is 0 Å². The summed E-state index contributed by atoms with van der Waals surface area (Å²) in [5.41, 5.74) is 2.84. The summed E-state index contributed by atoms with van der Waals surface area (Å²) in [6, 6.07) is 21.5. The molecule has 2 aromatic carbocycles. The molecule has 3 rings (SSSR count). The van der Waals surface area contributed by atoms with E-state index in [0.29, 0.717) is 0 Å². The van der Waals surface area contributed by atoms with Gasteiger partial charge in [-0.3, -0.25) is 9.80 Å². The monoisotopic (exact) mass is 338 g/mol. The molecular formula is C18H24Cl2N2. The molecule has 0 N–H and O–H groups in total. The van der Waals surface area contributed by atoms with Crippen LogP contribution in [0.15, 0.2) is 60.7 Å². The lowest BCUT2D eigenvalue weighted by molar-refractivity contribution is 0.122. The molecule has 0 radical (unpaired) electrons. The minimum Gasteiger partial charge on any atom is -0.297 e. The number of halogens is 2. The molecule has 0 amide bonds. The molecule has 120 valence electrons. The van der Waals surface area contributed by atoms with Crippen molar-refractivity contribution in [1.82, 2.24) is 9.80 Å². The predicted octanol–water partition coefficient (Wildman–Crippen LogP) is 3.85. The molecule has 0 saturated carbocycles. The summed E-state index contributed by atoms with van der Waals surface area (Å²) < 4.78 is 0. The molecule has 0 aromatic heterocycles. The summed E-state index contributed by atoms with van der Waals surface area (Å²) in [6.07, 6.45) is 0. The highest BCUT2D eigenvalue weighted by atomic mass is 35.5. The molecule has 0 unspecified atom stereocenters. The molecule has 0 aliphatic carbocycles. The molecule has 2 aromatic rings. The number of hydrogen-bond donors (Lipinski definition) is 0. The third kappa shape index (κ3) is 5.62. The standard InChI is InChI=1S/C18H22N2.2ClH/c1-3-7-17(8-4-1)15-19-11-13-20(14-12-19)16-18-9-5-2-6-10-18;;/h1-10H,11-16H2;2*1H. The second kappa shape index (κ2) is 9.86. The normalized spacial score (nSPS) is 15.6. The second-order valence-electron chi connectivity index (χ2n) is 5.52. The summed E-state index contributed by atoms with van der Waals surface area (Å²) in [4.78, 5) is 5.10. The lowest BCUT2D eigenvalue weighted by Crippen LogP contribution is -2.45. The Morgan fingerprint density at radius 1 is 0.545 bits per heavy atom. The Morgan fingerprint density at radius 3 is 1.18 bits per heavy atom. The average molecular weight is 339 g/mol. The largest absolute Gasteiger partial charge is 0.297 e. The Morgan fingerprint density at radius 2 is 0.864 bits per heavy atom. The lowest BCUT2D eigenvalue weighted by atomic mass is 10.1. The predicted molar refractivity (Wildman–Crippen MR) is 97.9 cm³/mol. The van der Waals surface area contributed by atoms with E-state index in [9.17, 15) is 0 Å². The van der Waals surface area contributed by atoms with Crippen molar-refractivity contribution in [3.8, 4) is 0 Å². The van der Waals surface area contributed by atoms with E-state index in [0.717, 1.165) is 13.1 Å². The molecule has 2 nitrogen and oxygen atoms in total. The molecule has 1 saturated heterocycles. The van der Waals surface area contributed by atoms with Crippen molar-refractivity contribution >= 4 is 24.8 Å². The van der Waals surface area contributed by atoms with Gasteiger partial charge in [0.15, 0.2) is 0 Å². The Hall–Kier alpha value is -1.06.